The van der Waals surface area contributed by atoms with Gasteiger partial charge in [-0.2, -0.15) is 4.37 Å². The topological polar surface area (TPSA) is 51.2 Å². The van der Waals surface area contributed by atoms with E-state index in [1.54, 1.807) is 32.0 Å². The molecule has 2 aromatic rings. The van der Waals surface area contributed by atoms with E-state index < -0.39 is 5.97 Å². The molecule has 1 atom stereocenters. The van der Waals surface area contributed by atoms with Gasteiger partial charge in [0, 0.05) is 5.56 Å². The van der Waals surface area contributed by atoms with Crippen LogP contribution in [0, 0.1) is 12.7 Å². The number of anilines is 1. The van der Waals surface area contributed by atoms with E-state index in [4.69, 9.17) is 4.74 Å². The highest BCUT2D eigenvalue weighted by Gasteiger charge is 2.21. The monoisotopic (exact) mass is 308 g/mol. The minimum Gasteiger partial charge on any atom is -0.462 e. The Balaban J connectivity index is 2.24. The molecular weight excluding hydrogens is 291 g/mol. The summed E-state index contributed by atoms with van der Waals surface area (Å²) in [7, 11) is 0. The number of halogens is 1. The number of nitrogens with one attached hydrogen (secondary N) is 1. The van der Waals surface area contributed by atoms with Gasteiger partial charge in [0.1, 0.15) is 16.4 Å². The summed E-state index contributed by atoms with van der Waals surface area (Å²) < 4.78 is 23.0. The molecular formula is C15H17FN2O2S. The summed E-state index contributed by atoms with van der Waals surface area (Å²) in [6.45, 7) is 5.64. The Labute approximate surface area is 127 Å². The molecule has 0 spiro atoms. The Morgan fingerprint density at radius 3 is 2.86 bits per heavy atom. The van der Waals surface area contributed by atoms with Gasteiger partial charge in [-0.15, -0.1) is 0 Å². The molecule has 21 heavy (non-hydrogen) atoms. The van der Waals surface area contributed by atoms with Crippen molar-refractivity contribution < 1.29 is 13.9 Å². The number of carbonyl (C=O) groups is 1. The number of aryl methyl sites for hydroxylation is 1. The molecule has 1 unspecified atom stereocenters. The predicted molar refractivity (Wildman–Crippen MR) is 81.2 cm³/mol. The summed E-state index contributed by atoms with van der Waals surface area (Å²) in [4.78, 5) is 12.0. The molecule has 1 aromatic carbocycles. The van der Waals surface area contributed by atoms with Crippen LogP contribution >= 0.6 is 11.5 Å². The Bertz CT molecular complexity index is 642. The first kappa shape index (κ1) is 15.4. The van der Waals surface area contributed by atoms with Gasteiger partial charge in [0.15, 0.2) is 0 Å². The predicted octanol–water partition coefficient (Wildman–Crippen LogP) is 3.94. The lowest BCUT2D eigenvalue weighted by Crippen LogP contribution is -2.12. The van der Waals surface area contributed by atoms with E-state index in [0.717, 1.165) is 0 Å². The van der Waals surface area contributed by atoms with Gasteiger partial charge in [0.25, 0.3) is 0 Å². The zero-order chi connectivity index (χ0) is 15.4. The third-order valence-corrected chi connectivity index (χ3v) is 3.93. The quantitative estimate of drug-likeness (QED) is 0.850. The number of aromatic nitrogens is 1. The summed E-state index contributed by atoms with van der Waals surface area (Å²) in [5, 5.41) is 3.74. The van der Waals surface area contributed by atoms with Crippen molar-refractivity contribution in [3.05, 3.63) is 46.9 Å². The average Bonchev–Trinajstić information content (AvgIpc) is 2.80. The van der Waals surface area contributed by atoms with Gasteiger partial charge in [-0.25, -0.2) is 9.18 Å². The molecule has 1 aromatic heterocycles. The average molecular weight is 308 g/mol. The van der Waals surface area contributed by atoms with Crippen molar-refractivity contribution in [3.63, 3.8) is 0 Å². The second kappa shape index (κ2) is 6.67. The highest BCUT2D eigenvalue weighted by molar-refractivity contribution is 7.10. The number of hydrogen-bond acceptors (Lipinski definition) is 5. The second-order valence-corrected chi connectivity index (χ2v) is 5.35. The van der Waals surface area contributed by atoms with Crippen LogP contribution in [0.3, 0.4) is 0 Å². The summed E-state index contributed by atoms with van der Waals surface area (Å²) in [5.74, 6) is -0.691. The van der Waals surface area contributed by atoms with Crippen LogP contribution in [0.1, 0.15) is 41.5 Å². The molecule has 0 saturated heterocycles. The minimum absolute atomic E-state index is 0.278. The Kier molecular flexibility index (Phi) is 4.90. The molecule has 0 aliphatic carbocycles. The van der Waals surface area contributed by atoms with Crippen LogP contribution in [0.5, 0.6) is 0 Å². The van der Waals surface area contributed by atoms with Gasteiger partial charge in [-0.05, 0) is 38.4 Å². The second-order valence-electron chi connectivity index (χ2n) is 4.58. The molecule has 112 valence electrons. The van der Waals surface area contributed by atoms with Crippen molar-refractivity contribution in [2.24, 2.45) is 0 Å². The van der Waals surface area contributed by atoms with Crippen molar-refractivity contribution in [2.75, 3.05) is 11.9 Å². The van der Waals surface area contributed by atoms with E-state index >= 15 is 0 Å². The van der Waals surface area contributed by atoms with Gasteiger partial charge in [0.05, 0.1) is 18.3 Å². The number of benzene rings is 1. The zero-order valence-corrected chi connectivity index (χ0v) is 13.0. The highest BCUT2D eigenvalue weighted by Crippen LogP contribution is 2.30. The Morgan fingerprint density at radius 1 is 1.48 bits per heavy atom. The van der Waals surface area contributed by atoms with E-state index in [-0.39, 0.29) is 11.9 Å². The molecule has 1 N–H and O–H groups in total. The third kappa shape index (κ3) is 3.39. The van der Waals surface area contributed by atoms with Gasteiger partial charge in [-0.1, -0.05) is 18.2 Å². The van der Waals surface area contributed by atoms with Crippen molar-refractivity contribution in [3.8, 4) is 0 Å². The molecule has 0 fully saturated rings. The Hall–Kier alpha value is -1.95. The van der Waals surface area contributed by atoms with Crippen LogP contribution in [-0.2, 0) is 4.74 Å². The van der Waals surface area contributed by atoms with Gasteiger partial charge < -0.3 is 10.1 Å². The van der Waals surface area contributed by atoms with Crippen LogP contribution in [0.2, 0.25) is 0 Å². The molecule has 0 aliphatic rings. The van der Waals surface area contributed by atoms with E-state index in [1.165, 1.54) is 17.6 Å². The number of rotatable bonds is 5. The van der Waals surface area contributed by atoms with Crippen LogP contribution in [0.15, 0.2) is 24.3 Å². The molecule has 0 radical (unpaired) electrons. The fourth-order valence-corrected chi connectivity index (χ4v) is 2.88. The van der Waals surface area contributed by atoms with Crippen molar-refractivity contribution in [2.45, 2.75) is 26.8 Å². The van der Waals surface area contributed by atoms with Crippen LogP contribution in [-0.4, -0.2) is 16.9 Å². The maximum Gasteiger partial charge on any atom is 0.343 e. The Morgan fingerprint density at radius 2 is 2.19 bits per heavy atom. The summed E-state index contributed by atoms with van der Waals surface area (Å²) in [6, 6.07) is 6.27. The molecule has 2 rings (SSSR count). The van der Waals surface area contributed by atoms with Crippen molar-refractivity contribution >= 4 is 22.5 Å². The number of ether oxygens (including phenoxy) is 1. The summed E-state index contributed by atoms with van der Waals surface area (Å²) >= 11 is 1.17. The molecule has 0 amide bonds. The van der Waals surface area contributed by atoms with Crippen LogP contribution < -0.4 is 5.32 Å². The number of esters is 1. The zero-order valence-electron chi connectivity index (χ0n) is 12.1. The van der Waals surface area contributed by atoms with Gasteiger partial charge in [0.2, 0.25) is 0 Å². The maximum absolute atomic E-state index is 13.8. The molecule has 0 saturated carbocycles. The highest BCUT2D eigenvalue weighted by atomic mass is 32.1. The molecule has 0 bridgehead atoms. The summed E-state index contributed by atoms with van der Waals surface area (Å²) in [6.07, 6.45) is 0. The van der Waals surface area contributed by atoms with Gasteiger partial charge >= 0.3 is 5.97 Å². The first-order chi connectivity index (χ1) is 10.0. The largest absolute Gasteiger partial charge is 0.462 e. The molecule has 6 heteroatoms. The number of carbonyl (C=O) groups excluding carboxylic acids is 1. The first-order valence-corrected chi connectivity index (χ1v) is 7.46. The standard InChI is InChI=1S/C15H17FN2O2S/c1-4-20-15(19)13-10(3)18-21-14(13)17-9(2)11-7-5-6-8-12(11)16/h5-9,17H,4H2,1-3H3. The third-order valence-electron chi connectivity index (χ3n) is 3.06. The smallest absolute Gasteiger partial charge is 0.343 e. The SMILES string of the molecule is CCOC(=O)c1c(C)nsc1NC(C)c1ccccc1F. The fraction of sp³-hybridized carbons (Fsp3) is 0.333. The normalized spacial score (nSPS) is 12.0. The molecule has 1 heterocycles. The summed E-state index contributed by atoms with van der Waals surface area (Å²) in [5.41, 5.74) is 1.57. The number of hydrogen-bond donors (Lipinski definition) is 1. The minimum atomic E-state index is -0.410. The van der Waals surface area contributed by atoms with E-state index in [0.29, 0.717) is 28.4 Å². The number of nitrogens with zero attached hydrogens (tertiary/aromatic N) is 1. The van der Waals surface area contributed by atoms with Crippen molar-refractivity contribution in [1.82, 2.24) is 4.37 Å². The lowest BCUT2D eigenvalue weighted by atomic mass is 10.1. The van der Waals surface area contributed by atoms with Crippen molar-refractivity contribution in [1.29, 1.82) is 0 Å². The molecule has 0 aliphatic heterocycles. The fourth-order valence-electron chi connectivity index (χ4n) is 2.01. The van der Waals surface area contributed by atoms with Crippen LogP contribution in [0.4, 0.5) is 9.39 Å². The van der Waals surface area contributed by atoms with E-state index in [1.807, 2.05) is 6.92 Å². The lowest BCUT2D eigenvalue weighted by Gasteiger charge is -2.15. The first-order valence-electron chi connectivity index (χ1n) is 6.69. The lowest BCUT2D eigenvalue weighted by molar-refractivity contribution is 0.0527. The van der Waals surface area contributed by atoms with Crippen LogP contribution in [0.25, 0.3) is 0 Å². The molecule has 4 nitrogen and oxygen atoms in total. The maximum atomic E-state index is 13.8. The van der Waals surface area contributed by atoms with Gasteiger partial charge in [-0.3, -0.25) is 0 Å². The van der Waals surface area contributed by atoms with E-state index in [2.05, 4.69) is 9.69 Å². The van der Waals surface area contributed by atoms with E-state index in [9.17, 15) is 9.18 Å².